The van der Waals surface area contributed by atoms with Gasteiger partial charge in [-0.2, -0.15) is 0 Å². The average molecular weight is 296 g/mol. The van der Waals surface area contributed by atoms with E-state index in [9.17, 15) is 9.59 Å². The third kappa shape index (κ3) is 2.90. The molecule has 22 heavy (non-hydrogen) atoms. The molecule has 2 heterocycles. The van der Waals surface area contributed by atoms with Crippen molar-refractivity contribution in [3.05, 3.63) is 48.3 Å². The first-order valence-corrected chi connectivity index (χ1v) is 7.02. The Morgan fingerprint density at radius 2 is 2.00 bits per heavy atom. The number of anilines is 3. The first-order valence-electron chi connectivity index (χ1n) is 7.02. The summed E-state index contributed by atoms with van der Waals surface area (Å²) in [5.41, 5.74) is 3.31. The summed E-state index contributed by atoms with van der Waals surface area (Å²) >= 11 is 0. The Kier molecular flexibility index (Phi) is 3.74. The number of rotatable bonds is 2. The molecule has 0 bridgehead atoms. The Labute approximate surface area is 128 Å². The van der Waals surface area contributed by atoms with Gasteiger partial charge >= 0.3 is 6.03 Å². The highest BCUT2D eigenvalue weighted by atomic mass is 16.2. The number of aromatic nitrogens is 1. The Morgan fingerprint density at radius 3 is 2.73 bits per heavy atom. The van der Waals surface area contributed by atoms with Gasteiger partial charge in [0.1, 0.15) is 0 Å². The number of urea groups is 1. The number of fused-ring (bicyclic) bond motifs is 1. The topological polar surface area (TPSA) is 74.3 Å². The number of nitrogens with one attached hydrogen (secondary N) is 2. The van der Waals surface area contributed by atoms with Crippen LogP contribution in [0.15, 0.2) is 42.7 Å². The van der Waals surface area contributed by atoms with Crippen molar-refractivity contribution in [2.24, 2.45) is 0 Å². The van der Waals surface area contributed by atoms with Gasteiger partial charge < -0.3 is 15.5 Å². The molecule has 0 saturated carbocycles. The van der Waals surface area contributed by atoms with Gasteiger partial charge in [-0.05, 0) is 42.3 Å². The summed E-state index contributed by atoms with van der Waals surface area (Å²) < 4.78 is 0. The standard InChI is InChI=1S/C16H16N4O2/c1-11(21)20-8-6-12-9-13(4-5-15(12)20)18-16(22)19-14-3-2-7-17-10-14/h2-5,7,9-10H,6,8H2,1H3,(H2,18,19,22). The maximum atomic E-state index is 11.9. The number of carbonyl (C=O) groups is 2. The SMILES string of the molecule is CC(=O)N1CCc2cc(NC(=O)Nc3cccnc3)ccc21. The highest BCUT2D eigenvalue weighted by Gasteiger charge is 2.22. The number of hydrogen-bond acceptors (Lipinski definition) is 3. The molecule has 0 saturated heterocycles. The van der Waals surface area contributed by atoms with Gasteiger partial charge in [-0.1, -0.05) is 0 Å². The normalized spacial score (nSPS) is 12.7. The summed E-state index contributed by atoms with van der Waals surface area (Å²) in [7, 11) is 0. The molecule has 3 rings (SSSR count). The van der Waals surface area contributed by atoms with Crippen LogP contribution in [0.1, 0.15) is 12.5 Å². The molecule has 1 aliphatic heterocycles. The maximum Gasteiger partial charge on any atom is 0.323 e. The van der Waals surface area contributed by atoms with E-state index in [0.717, 1.165) is 17.7 Å². The Balaban J connectivity index is 1.69. The second-order valence-electron chi connectivity index (χ2n) is 5.08. The first-order chi connectivity index (χ1) is 10.6. The number of benzene rings is 1. The van der Waals surface area contributed by atoms with Crippen LogP contribution in [0.5, 0.6) is 0 Å². The quantitative estimate of drug-likeness (QED) is 0.894. The molecule has 2 N–H and O–H groups in total. The Hall–Kier alpha value is -2.89. The lowest BCUT2D eigenvalue weighted by molar-refractivity contribution is -0.116. The summed E-state index contributed by atoms with van der Waals surface area (Å²) in [6.45, 7) is 2.25. The van der Waals surface area contributed by atoms with Crippen LogP contribution < -0.4 is 15.5 Å². The minimum atomic E-state index is -0.325. The second-order valence-corrected chi connectivity index (χ2v) is 5.08. The molecule has 1 aromatic carbocycles. The van der Waals surface area contributed by atoms with Crippen LogP contribution in [0.2, 0.25) is 0 Å². The molecule has 0 spiro atoms. The molecule has 0 atom stereocenters. The van der Waals surface area contributed by atoms with Gasteiger partial charge in [-0.15, -0.1) is 0 Å². The minimum absolute atomic E-state index is 0.0359. The van der Waals surface area contributed by atoms with E-state index in [0.29, 0.717) is 17.9 Å². The summed E-state index contributed by atoms with van der Waals surface area (Å²) in [6.07, 6.45) is 4.02. The molecular weight excluding hydrogens is 280 g/mol. The molecule has 2 aromatic rings. The highest BCUT2D eigenvalue weighted by molar-refractivity contribution is 6.00. The molecule has 0 radical (unpaired) electrons. The largest absolute Gasteiger partial charge is 0.323 e. The van der Waals surface area contributed by atoms with Gasteiger partial charge in [0.25, 0.3) is 0 Å². The lowest BCUT2D eigenvalue weighted by atomic mass is 10.1. The van der Waals surface area contributed by atoms with Crippen LogP contribution in [-0.2, 0) is 11.2 Å². The zero-order valence-electron chi connectivity index (χ0n) is 12.2. The molecule has 1 aromatic heterocycles. The zero-order valence-corrected chi connectivity index (χ0v) is 12.2. The molecule has 0 unspecified atom stereocenters. The fourth-order valence-electron chi connectivity index (χ4n) is 2.54. The van der Waals surface area contributed by atoms with Crippen LogP contribution >= 0.6 is 0 Å². The average Bonchev–Trinajstić information content (AvgIpc) is 2.91. The van der Waals surface area contributed by atoms with E-state index in [2.05, 4.69) is 15.6 Å². The van der Waals surface area contributed by atoms with E-state index < -0.39 is 0 Å². The fourth-order valence-corrected chi connectivity index (χ4v) is 2.54. The van der Waals surface area contributed by atoms with Crippen molar-refractivity contribution in [2.45, 2.75) is 13.3 Å². The molecule has 0 aliphatic carbocycles. The summed E-state index contributed by atoms with van der Waals surface area (Å²) in [5.74, 6) is 0.0359. The molecule has 0 fully saturated rings. The van der Waals surface area contributed by atoms with E-state index in [-0.39, 0.29) is 11.9 Å². The van der Waals surface area contributed by atoms with Crippen molar-refractivity contribution >= 4 is 29.0 Å². The maximum absolute atomic E-state index is 11.9. The molecule has 1 aliphatic rings. The molecule has 6 heteroatoms. The Morgan fingerprint density at radius 1 is 1.18 bits per heavy atom. The van der Waals surface area contributed by atoms with Gasteiger partial charge in [0, 0.05) is 31.0 Å². The monoisotopic (exact) mass is 296 g/mol. The number of pyridine rings is 1. The molecule has 6 nitrogen and oxygen atoms in total. The van der Waals surface area contributed by atoms with Crippen molar-refractivity contribution in [1.29, 1.82) is 0 Å². The van der Waals surface area contributed by atoms with Gasteiger partial charge in [-0.25, -0.2) is 4.79 Å². The fraction of sp³-hybridized carbons (Fsp3) is 0.188. The number of hydrogen-bond donors (Lipinski definition) is 2. The number of carbonyl (C=O) groups excluding carboxylic acids is 2. The third-order valence-corrected chi connectivity index (χ3v) is 3.53. The number of nitrogens with zero attached hydrogens (tertiary/aromatic N) is 2. The van der Waals surface area contributed by atoms with E-state index >= 15 is 0 Å². The molecule has 3 amide bonds. The lowest BCUT2D eigenvalue weighted by Gasteiger charge is -2.15. The minimum Gasteiger partial charge on any atom is -0.312 e. The first kappa shape index (κ1) is 14.1. The predicted molar refractivity (Wildman–Crippen MR) is 85.1 cm³/mol. The van der Waals surface area contributed by atoms with Crippen molar-refractivity contribution in [1.82, 2.24) is 4.98 Å². The zero-order chi connectivity index (χ0) is 15.5. The Bertz CT molecular complexity index is 715. The van der Waals surface area contributed by atoms with Crippen LogP contribution in [0, 0.1) is 0 Å². The van der Waals surface area contributed by atoms with Gasteiger partial charge in [0.15, 0.2) is 0 Å². The van der Waals surface area contributed by atoms with Crippen LogP contribution in [-0.4, -0.2) is 23.5 Å². The third-order valence-electron chi connectivity index (χ3n) is 3.53. The number of amides is 3. The van der Waals surface area contributed by atoms with E-state index in [4.69, 9.17) is 0 Å². The van der Waals surface area contributed by atoms with Gasteiger partial charge in [0.05, 0.1) is 11.9 Å². The van der Waals surface area contributed by atoms with Crippen LogP contribution in [0.25, 0.3) is 0 Å². The summed E-state index contributed by atoms with van der Waals surface area (Å²) in [5, 5.41) is 5.49. The van der Waals surface area contributed by atoms with Crippen molar-refractivity contribution in [3.8, 4) is 0 Å². The summed E-state index contributed by atoms with van der Waals surface area (Å²) in [4.78, 5) is 29.1. The highest BCUT2D eigenvalue weighted by Crippen LogP contribution is 2.30. The van der Waals surface area contributed by atoms with Crippen molar-refractivity contribution < 1.29 is 9.59 Å². The lowest BCUT2D eigenvalue weighted by Crippen LogP contribution is -2.25. The smallest absolute Gasteiger partial charge is 0.312 e. The second kappa shape index (κ2) is 5.85. The van der Waals surface area contributed by atoms with Crippen LogP contribution in [0.4, 0.5) is 21.9 Å². The predicted octanol–water partition coefficient (Wildman–Crippen LogP) is 2.63. The molecular formula is C16H16N4O2. The van der Waals surface area contributed by atoms with E-state index in [1.807, 2.05) is 12.1 Å². The van der Waals surface area contributed by atoms with E-state index in [1.165, 1.54) is 0 Å². The van der Waals surface area contributed by atoms with Crippen LogP contribution in [0.3, 0.4) is 0 Å². The molecule has 112 valence electrons. The van der Waals surface area contributed by atoms with Crippen molar-refractivity contribution in [3.63, 3.8) is 0 Å². The van der Waals surface area contributed by atoms with Crippen molar-refractivity contribution in [2.75, 3.05) is 22.1 Å². The van der Waals surface area contributed by atoms with Gasteiger partial charge in [-0.3, -0.25) is 9.78 Å². The van der Waals surface area contributed by atoms with E-state index in [1.54, 1.807) is 42.4 Å². The summed E-state index contributed by atoms with van der Waals surface area (Å²) in [6, 6.07) is 8.75. The van der Waals surface area contributed by atoms with Gasteiger partial charge in [0.2, 0.25) is 5.91 Å².